The lowest BCUT2D eigenvalue weighted by Crippen LogP contribution is -2.18. The van der Waals surface area contributed by atoms with Crippen LogP contribution in [0.4, 0.5) is 0 Å². The SMILES string of the molecule is O=C(C[C@H](O)CO)OCc1ccccc1. The first-order chi connectivity index (χ1) is 7.22. The van der Waals surface area contributed by atoms with E-state index in [0.29, 0.717) is 0 Å². The Morgan fingerprint density at radius 3 is 2.60 bits per heavy atom. The summed E-state index contributed by atoms with van der Waals surface area (Å²) in [5.74, 6) is -0.514. The van der Waals surface area contributed by atoms with Crippen LogP contribution in [0.15, 0.2) is 30.3 Å². The molecule has 0 spiro atoms. The molecule has 0 aliphatic carbocycles. The fourth-order valence-corrected chi connectivity index (χ4v) is 1.05. The summed E-state index contributed by atoms with van der Waals surface area (Å²) in [4.78, 5) is 11.1. The number of esters is 1. The average molecular weight is 210 g/mol. The monoisotopic (exact) mass is 210 g/mol. The molecule has 1 atom stereocenters. The summed E-state index contributed by atoms with van der Waals surface area (Å²) in [6, 6.07) is 9.27. The van der Waals surface area contributed by atoms with Crippen molar-refractivity contribution in [2.24, 2.45) is 0 Å². The highest BCUT2D eigenvalue weighted by atomic mass is 16.5. The average Bonchev–Trinajstić information content (AvgIpc) is 2.27. The minimum atomic E-state index is -1.03. The quantitative estimate of drug-likeness (QED) is 0.693. The third-order valence-electron chi connectivity index (χ3n) is 1.86. The largest absolute Gasteiger partial charge is 0.461 e. The second kappa shape index (κ2) is 6.16. The van der Waals surface area contributed by atoms with Crippen molar-refractivity contribution in [1.29, 1.82) is 0 Å². The lowest BCUT2D eigenvalue weighted by molar-refractivity contribution is -0.147. The van der Waals surface area contributed by atoms with E-state index in [2.05, 4.69) is 0 Å². The van der Waals surface area contributed by atoms with Gasteiger partial charge in [0.2, 0.25) is 0 Å². The van der Waals surface area contributed by atoms with Gasteiger partial charge >= 0.3 is 5.97 Å². The molecule has 1 rings (SSSR count). The van der Waals surface area contributed by atoms with Crippen molar-refractivity contribution in [2.75, 3.05) is 6.61 Å². The highest BCUT2D eigenvalue weighted by Crippen LogP contribution is 2.02. The lowest BCUT2D eigenvalue weighted by atomic mass is 10.2. The van der Waals surface area contributed by atoms with Crippen molar-refractivity contribution in [3.63, 3.8) is 0 Å². The molecular weight excluding hydrogens is 196 g/mol. The molecular formula is C11H14O4. The molecule has 0 aliphatic rings. The summed E-state index contributed by atoms with van der Waals surface area (Å²) in [6.07, 6.45) is -1.21. The molecule has 1 aromatic carbocycles. The normalized spacial score (nSPS) is 12.1. The van der Waals surface area contributed by atoms with Crippen LogP contribution in [0.5, 0.6) is 0 Å². The van der Waals surface area contributed by atoms with E-state index in [1.807, 2.05) is 30.3 Å². The summed E-state index contributed by atoms with van der Waals surface area (Å²) in [5.41, 5.74) is 0.893. The molecule has 0 heterocycles. The third kappa shape index (κ3) is 4.58. The Hall–Kier alpha value is -1.39. The third-order valence-corrected chi connectivity index (χ3v) is 1.86. The van der Waals surface area contributed by atoms with Crippen molar-refractivity contribution in [3.8, 4) is 0 Å². The highest BCUT2D eigenvalue weighted by Gasteiger charge is 2.10. The number of rotatable bonds is 5. The molecule has 15 heavy (non-hydrogen) atoms. The van der Waals surface area contributed by atoms with Crippen LogP contribution in [0, 0.1) is 0 Å². The zero-order chi connectivity index (χ0) is 11.1. The maximum absolute atomic E-state index is 11.1. The molecule has 2 N–H and O–H groups in total. The van der Waals surface area contributed by atoms with Crippen LogP contribution < -0.4 is 0 Å². The van der Waals surface area contributed by atoms with Gasteiger partial charge in [0, 0.05) is 0 Å². The van der Waals surface area contributed by atoms with Gasteiger partial charge in [-0.25, -0.2) is 0 Å². The van der Waals surface area contributed by atoms with Gasteiger partial charge < -0.3 is 14.9 Å². The molecule has 4 heteroatoms. The van der Waals surface area contributed by atoms with E-state index in [-0.39, 0.29) is 13.0 Å². The van der Waals surface area contributed by atoms with E-state index in [1.54, 1.807) is 0 Å². The molecule has 4 nitrogen and oxygen atoms in total. The van der Waals surface area contributed by atoms with E-state index in [0.717, 1.165) is 5.56 Å². The van der Waals surface area contributed by atoms with E-state index in [1.165, 1.54) is 0 Å². The van der Waals surface area contributed by atoms with Gasteiger partial charge in [-0.2, -0.15) is 0 Å². The highest BCUT2D eigenvalue weighted by molar-refractivity contribution is 5.69. The molecule has 0 bridgehead atoms. The zero-order valence-corrected chi connectivity index (χ0v) is 8.30. The van der Waals surface area contributed by atoms with Crippen molar-refractivity contribution in [1.82, 2.24) is 0 Å². The molecule has 1 aromatic rings. The number of aliphatic hydroxyl groups is 2. The van der Waals surface area contributed by atoms with Crippen LogP contribution in [0.1, 0.15) is 12.0 Å². The van der Waals surface area contributed by atoms with Gasteiger partial charge in [-0.1, -0.05) is 30.3 Å². The van der Waals surface area contributed by atoms with E-state index >= 15 is 0 Å². The maximum atomic E-state index is 11.1. The molecule has 0 fully saturated rings. The first kappa shape index (κ1) is 11.7. The van der Waals surface area contributed by atoms with Crippen molar-refractivity contribution < 1.29 is 19.7 Å². The smallest absolute Gasteiger partial charge is 0.308 e. The Labute approximate surface area is 88.1 Å². The summed E-state index contributed by atoms with van der Waals surface area (Å²) in [7, 11) is 0. The van der Waals surface area contributed by atoms with Crippen LogP contribution in [0.3, 0.4) is 0 Å². The lowest BCUT2D eigenvalue weighted by Gasteiger charge is -2.07. The number of ether oxygens (including phenoxy) is 1. The van der Waals surface area contributed by atoms with Crippen LogP contribution in [-0.2, 0) is 16.1 Å². The van der Waals surface area contributed by atoms with Crippen molar-refractivity contribution >= 4 is 5.97 Å². The molecule has 0 aliphatic heterocycles. The van der Waals surface area contributed by atoms with Gasteiger partial charge in [0.1, 0.15) is 6.61 Å². The molecule has 0 unspecified atom stereocenters. The molecule has 82 valence electrons. The summed E-state index contributed by atoms with van der Waals surface area (Å²) in [6.45, 7) is -0.238. The van der Waals surface area contributed by atoms with Gasteiger partial charge in [-0.15, -0.1) is 0 Å². The fraction of sp³-hybridized carbons (Fsp3) is 0.364. The molecule has 0 radical (unpaired) electrons. The van der Waals surface area contributed by atoms with E-state index < -0.39 is 18.7 Å². The number of hydrogen-bond donors (Lipinski definition) is 2. The Morgan fingerprint density at radius 2 is 2.00 bits per heavy atom. The molecule has 0 saturated heterocycles. The number of carbonyl (C=O) groups excluding carboxylic acids is 1. The first-order valence-electron chi connectivity index (χ1n) is 4.71. The Morgan fingerprint density at radius 1 is 1.33 bits per heavy atom. The maximum Gasteiger partial charge on any atom is 0.308 e. The standard InChI is InChI=1S/C11H14O4/c12-7-10(13)6-11(14)15-8-9-4-2-1-3-5-9/h1-5,10,12-13H,6-8H2/t10-/m0/s1. The fourth-order valence-electron chi connectivity index (χ4n) is 1.05. The van der Waals surface area contributed by atoms with Gasteiger partial charge in [0.25, 0.3) is 0 Å². The van der Waals surface area contributed by atoms with Gasteiger partial charge in [0.15, 0.2) is 0 Å². The van der Waals surface area contributed by atoms with E-state index in [9.17, 15) is 4.79 Å². The molecule has 0 saturated carbocycles. The number of hydrogen-bond acceptors (Lipinski definition) is 4. The van der Waals surface area contributed by atoms with Crippen LogP contribution >= 0.6 is 0 Å². The van der Waals surface area contributed by atoms with Crippen LogP contribution in [0.2, 0.25) is 0 Å². The van der Waals surface area contributed by atoms with E-state index in [4.69, 9.17) is 14.9 Å². The second-order valence-electron chi connectivity index (χ2n) is 3.19. The summed E-state index contributed by atoms with van der Waals surface area (Å²) < 4.78 is 4.89. The molecule has 0 aromatic heterocycles. The van der Waals surface area contributed by atoms with Crippen LogP contribution in [-0.4, -0.2) is 28.9 Å². The predicted molar refractivity (Wildman–Crippen MR) is 53.9 cm³/mol. The minimum Gasteiger partial charge on any atom is -0.461 e. The number of benzene rings is 1. The number of aliphatic hydroxyl groups excluding tert-OH is 2. The van der Waals surface area contributed by atoms with Gasteiger partial charge in [-0.3, -0.25) is 4.79 Å². The summed E-state index contributed by atoms with van der Waals surface area (Å²) >= 11 is 0. The Balaban J connectivity index is 2.29. The molecule has 0 amide bonds. The van der Waals surface area contributed by atoms with Crippen molar-refractivity contribution in [3.05, 3.63) is 35.9 Å². The van der Waals surface area contributed by atoms with Gasteiger partial charge in [-0.05, 0) is 5.56 Å². The Kier molecular flexibility index (Phi) is 4.80. The first-order valence-corrected chi connectivity index (χ1v) is 4.71. The number of carbonyl (C=O) groups is 1. The Bertz CT molecular complexity index is 297. The topological polar surface area (TPSA) is 66.8 Å². The second-order valence-corrected chi connectivity index (χ2v) is 3.19. The van der Waals surface area contributed by atoms with Crippen molar-refractivity contribution in [2.45, 2.75) is 19.1 Å². The van der Waals surface area contributed by atoms with Gasteiger partial charge in [0.05, 0.1) is 19.1 Å². The predicted octanol–water partition coefficient (Wildman–Crippen LogP) is 0.473. The minimum absolute atomic E-state index is 0.177. The summed E-state index contributed by atoms with van der Waals surface area (Å²) in [5, 5.41) is 17.5. The zero-order valence-electron chi connectivity index (χ0n) is 8.30. The van der Waals surface area contributed by atoms with Crippen LogP contribution in [0.25, 0.3) is 0 Å².